The molecule has 272 valence electrons. The first-order valence-corrected chi connectivity index (χ1v) is 18.4. The van der Waals surface area contributed by atoms with Crippen molar-refractivity contribution in [3.8, 4) is 0 Å². The Bertz CT molecular complexity index is 1710. The van der Waals surface area contributed by atoms with Crippen LogP contribution in [0.5, 0.6) is 0 Å². The highest BCUT2D eigenvalue weighted by Crippen LogP contribution is 2.51. The summed E-state index contributed by atoms with van der Waals surface area (Å²) in [4.78, 5) is 18.0. The molecule has 0 heterocycles. The van der Waals surface area contributed by atoms with Crippen LogP contribution in [0, 0.1) is 0 Å². The number of aliphatic hydroxyl groups excluding tert-OH is 1. The predicted octanol–water partition coefficient (Wildman–Crippen LogP) is 7.67. The first kappa shape index (κ1) is 38.7. The molecule has 0 fully saturated rings. The molecular weight excluding hydrogens is 681 g/mol. The number of carbonyl (C=O) groups is 1. The number of amides is 1. The van der Waals surface area contributed by atoms with E-state index in [0.717, 1.165) is 32.9 Å². The Morgan fingerprint density at radius 3 is 1.29 bits per heavy atom. The van der Waals surface area contributed by atoms with Gasteiger partial charge in [-0.25, -0.2) is 9.63 Å². The Labute approximate surface area is 305 Å². The molecule has 0 aliphatic carbocycles. The molecule has 0 saturated carbocycles. The van der Waals surface area contributed by atoms with E-state index in [2.05, 4.69) is 0 Å². The van der Waals surface area contributed by atoms with Gasteiger partial charge in [-0.3, -0.25) is 23.2 Å². The maximum absolute atomic E-state index is 14.2. The molecule has 0 radical (unpaired) electrons. The minimum Gasteiger partial charge on any atom is -0.388 e. The summed E-state index contributed by atoms with van der Waals surface area (Å²) in [7, 11) is -4.23. The third kappa shape index (κ3) is 13.2. The molecule has 5 rings (SSSR count). The second kappa shape index (κ2) is 21.1. The van der Waals surface area contributed by atoms with Crippen LogP contribution in [0.4, 0.5) is 0 Å². The standard InChI is InChI=1S/C41H44NO9P/c43-33-42(48-29-36-20-10-3-11-21-36)26-39(46-27-34-16-6-1-7-17-34)41(44)40(47-28-35-18-8-2-9-19-35)32-51-52(45,49-30-37-22-12-4-13-23-37)50-31-38-24-14-5-15-25-38/h1-25,33,39-41,44H,26-32H2. The molecule has 0 aliphatic rings. The van der Waals surface area contributed by atoms with Gasteiger partial charge in [-0.05, 0) is 27.8 Å². The predicted molar refractivity (Wildman–Crippen MR) is 196 cm³/mol. The number of phosphoric acid groups is 1. The van der Waals surface area contributed by atoms with E-state index in [4.69, 9.17) is 27.9 Å². The fourth-order valence-electron chi connectivity index (χ4n) is 5.07. The third-order valence-corrected chi connectivity index (χ3v) is 9.31. The number of phosphoric ester groups is 1. The molecule has 3 atom stereocenters. The lowest BCUT2D eigenvalue weighted by Crippen LogP contribution is -2.48. The number of carbonyl (C=O) groups excluding carboxylic acids is 1. The van der Waals surface area contributed by atoms with Gasteiger partial charge in [0.15, 0.2) is 0 Å². The molecule has 10 nitrogen and oxygen atoms in total. The number of rotatable bonds is 23. The molecule has 0 aliphatic heterocycles. The quantitative estimate of drug-likeness (QED) is 0.0412. The van der Waals surface area contributed by atoms with Crippen LogP contribution in [-0.2, 0) is 70.3 Å². The number of hydrogen-bond donors (Lipinski definition) is 1. The van der Waals surface area contributed by atoms with Crippen LogP contribution in [0.15, 0.2) is 152 Å². The average Bonchev–Trinajstić information content (AvgIpc) is 3.21. The highest BCUT2D eigenvalue weighted by Gasteiger charge is 2.36. The van der Waals surface area contributed by atoms with Gasteiger partial charge in [0.1, 0.15) is 24.9 Å². The van der Waals surface area contributed by atoms with Gasteiger partial charge >= 0.3 is 7.82 Å². The topological polar surface area (TPSA) is 113 Å². The minimum atomic E-state index is -4.23. The van der Waals surface area contributed by atoms with Crippen LogP contribution in [0.25, 0.3) is 0 Å². The Kier molecular flexibility index (Phi) is 15.8. The molecule has 0 aromatic heterocycles. The van der Waals surface area contributed by atoms with E-state index >= 15 is 0 Å². The first-order valence-electron chi connectivity index (χ1n) is 17.0. The summed E-state index contributed by atoms with van der Waals surface area (Å²) in [5.41, 5.74) is 4.09. The zero-order chi connectivity index (χ0) is 36.3. The SMILES string of the molecule is O=CN(CC(OCc1ccccc1)C(O)C(COP(=O)(OCc1ccccc1)OCc1ccccc1)OCc1ccccc1)OCc1ccccc1. The van der Waals surface area contributed by atoms with Crippen LogP contribution < -0.4 is 0 Å². The van der Waals surface area contributed by atoms with E-state index in [1.54, 1.807) is 0 Å². The molecule has 5 aromatic carbocycles. The van der Waals surface area contributed by atoms with Gasteiger partial charge in [-0.15, -0.1) is 0 Å². The second-order valence-corrected chi connectivity index (χ2v) is 13.6. The molecule has 0 saturated heterocycles. The van der Waals surface area contributed by atoms with Crippen molar-refractivity contribution in [3.05, 3.63) is 179 Å². The van der Waals surface area contributed by atoms with Crippen molar-refractivity contribution < 1.29 is 42.3 Å². The summed E-state index contributed by atoms with van der Waals surface area (Å²) in [6.07, 6.45) is -3.00. The van der Waals surface area contributed by atoms with E-state index in [-0.39, 0.29) is 39.6 Å². The van der Waals surface area contributed by atoms with Crippen molar-refractivity contribution in [1.82, 2.24) is 5.06 Å². The van der Waals surface area contributed by atoms with E-state index in [1.807, 2.05) is 152 Å². The van der Waals surface area contributed by atoms with Gasteiger partial charge in [-0.1, -0.05) is 152 Å². The van der Waals surface area contributed by atoms with Gasteiger partial charge in [0.05, 0.1) is 39.6 Å². The molecule has 0 spiro atoms. The Hall–Kier alpha value is -4.48. The molecule has 1 N–H and O–H groups in total. The highest BCUT2D eigenvalue weighted by molar-refractivity contribution is 7.48. The maximum Gasteiger partial charge on any atom is 0.475 e. The smallest absolute Gasteiger partial charge is 0.388 e. The molecule has 11 heteroatoms. The third-order valence-electron chi connectivity index (χ3n) is 7.95. The van der Waals surface area contributed by atoms with Gasteiger partial charge in [0, 0.05) is 0 Å². The van der Waals surface area contributed by atoms with Crippen molar-refractivity contribution in [1.29, 1.82) is 0 Å². The molecule has 3 unspecified atom stereocenters. The Balaban J connectivity index is 1.36. The largest absolute Gasteiger partial charge is 0.475 e. The van der Waals surface area contributed by atoms with Gasteiger partial charge in [0.2, 0.25) is 6.41 Å². The van der Waals surface area contributed by atoms with Crippen LogP contribution in [0.1, 0.15) is 27.8 Å². The summed E-state index contributed by atoms with van der Waals surface area (Å²) in [6.45, 7) is -0.285. The zero-order valence-electron chi connectivity index (χ0n) is 28.8. The normalized spacial score (nSPS) is 13.2. The lowest BCUT2D eigenvalue weighted by molar-refractivity contribution is -0.202. The average molecular weight is 726 g/mol. The summed E-state index contributed by atoms with van der Waals surface area (Å²) < 4.78 is 44.3. The number of ether oxygens (including phenoxy) is 2. The van der Waals surface area contributed by atoms with Gasteiger partial charge in [-0.2, -0.15) is 0 Å². The maximum atomic E-state index is 14.2. The van der Waals surface area contributed by atoms with Crippen molar-refractivity contribution in [2.75, 3.05) is 13.2 Å². The number of aliphatic hydroxyl groups is 1. The van der Waals surface area contributed by atoms with E-state index in [1.165, 1.54) is 0 Å². The number of benzene rings is 5. The molecular formula is C41H44NO9P. The number of hydrogen-bond acceptors (Lipinski definition) is 9. The van der Waals surface area contributed by atoms with Crippen molar-refractivity contribution >= 4 is 14.2 Å². The van der Waals surface area contributed by atoms with E-state index in [9.17, 15) is 14.5 Å². The van der Waals surface area contributed by atoms with E-state index < -0.39 is 32.7 Å². The zero-order valence-corrected chi connectivity index (χ0v) is 29.7. The molecule has 52 heavy (non-hydrogen) atoms. The van der Waals surface area contributed by atoms with Crippen molar-refractivity contribution in [2.45, 2.75) is 51.3 Å². The minimum absolute atomic E-state index is 0.0408. The molecule has 5 aromatic rings. The molecule has 0 bridgehead atoms. The first-order chi connectivity index (χ1) is 25.5. The Morgan fingerprint density at radius 2 is 0.885 bits per heavy atom. The van der Waals surface area contributed by atoms with Gasteiger partial charge in [0.25, 0.3) is 0 Å². The summed E-state index contributed by atoms with van der Waals surface area (Å²) in [5, 5.41) is 13.0. The Morgan fingerprint density at radius 1 is 0.519 bits per heavy atom. The monoisotopic (exact) mass is 725 g/mol. The summed E-state index contributed by atoms with van der Waals surface area (Å²) >= 11 is 0. The van der Waals surface area contributed by atoms with Gasteiger partial charge < -0.3 is 14.6 Å². The van der Waals surface area contributed by atoms with Crippen molar-refractivity contribution in [2.24, 2.45) is 0 Å². The van der Waals surface area contributed by atoms with Crippen LogP contribution in [-0.4, -0.2) is 48.0 Å². The number of nitrogens with zero attached hydrogens (tertiary/aromatic N) is 1. The second-order valence-electron chi connectivity index (χ2n) is 11.9. The van der Waals surface area contributed by atoms with E-state index in [0.29, 0.717) is 6.41 Å². The fraction of sp³-hybridized carbons (Fsp3) is 0.244. The lowest BCUT2D eigenvalue weighted by atomic mass is 10.1. The lowest BCUT2D eigenvalue weighted by Gasteiger charge is -2.32. The summed E-state index contributed by atoms with van der Waals surface area (Å²) in [5.74, 6) is 0. The van der Waals surface area contributed by atoms with Crippen molar-refractivity contribution in [3.63, 3.8) is 0 Å². The van der Waals surface area contributed by atoms with Crippen LogP contribution >= 0.6 is 7.82 Å². The molecule has 1 amide bonds. The highest BCUT2D eigenvalue weighted by atomic mass is 31.2. The summed E-state index contributed by atoms with van der Waals surface area (Å²) in [6, 6.07) is 46.7. The number of hydroxylamine groups is 2. The fourth-order valence-corrected chi connectivity index (χ4v) is 6.23. The van der Waals surface area contributed by atoms with Crippen LogP contribution in [0.3, 0.4) is 0 Å². The van der Waals surface area contributed by atoms with Crippen LogP contribution in [0.2, 0.25) is 0 Å².